The Labute approximate surface area is 201 Å². The van der Waals surface area contributed by atoms with E-state index >= 15 is 0 Å². The molecule has 0 radical (unpaired) electrons. The van der Waals surface area contributed by atoms with Gasteiger partial charge in [-0.15, -0.1) is 0 Å². The van der Waals surface area contributed by atoms with Gasteiger partial charge in [0.25, 0.3) is 5.69 Å². The minimum Gasteiger partial charge on any atom is -0.464 e. The monoisotopic (exact) mass is 483 g/mol. The highest BCUT2D eigenvalue weighted by Gasteiger charge is 2.42. The molecule has 13 heteroatoms. The van der Waals surface area contributed by atoms with Crippen LogP contribution in [0.4, 0.5) is 5.69 Å². The van der Waals surface area contributed by atoms with Crippen molar-refractivity contribution in [3.63, 3.8) is 0 Å². The Morgan fingerprint density at radius 1 is 1.40 bits per heavy atom. The number of ether oxygens (including phenoxy) is 2. The average Bonchev–Trinajstić information content (AvgIpc) is 2.87. The Hall–Kier alpha value is -4.27. The molecule has 0 bridgehead atoms. The highest BCUT2D eigenvalue weighted by Crippen LogP contribution is 2.41. The maximum Gasteiger partial charge on any atom is 0.315 e. The summed E-state index contributed by atoms with van der Waals surface area (Å²) in [4.78, 5) is 44.2. The Bertz CT molecular complexity index is 1090. The van der Waals surface area contributed by atoms with Crippen LogP contribution < -0.4 is 0 Å². The minimum absolute atomic E-state index is 0.0144. The summed E-state index contributed by atoms with van der Waals surface area (Å²) in [5.41, 5.74) is 10.1. The molecule has 1 aromatic rings. The number of esters is 1. The number of nitro groups is 1. The first-order valence-electron chi connectivity index (χ1n) is 10.7. The smallest absolute Gasteiger partial charge is 0.315 e. The number of likely N-dealkylation sites (N-methyl/N-ethyl adjacent to an activating group) is 1. The summed E-state index contributed by atoms with van der Waals surface area (Å²) in [6, 6.07) is 7.59. The maximum atomic E-state index is 13.2. The van der Waals surface area contributed by atoms with Gasteiger partial charge in [0.1, 0.15) is 12.5 Å². The van der Waals surface area contributed by atoms with Crippen LogP contribution in [-0.4, -0.2) is 61.3 Å². The van der Waals surface area contributed by atoms with Gasteiger partial charge in [0.05, 0.1) is 42.0 Å². The zero-order chi connectivity index (χ0) is 25.8. The van der Waals surface area contributed by atoms with E-state index in [1.807, 2.05) is 13.0 Å². The molecule has 2 atom stereocenters. The molecule has 13 nitrogen and oxygen atoms in total. The van der Waals surface area contributed by atoms with Crippen LogP contribution in [-0.2, 0) is 19.1 Å². The number of nitrogens with zero attached hydrogens (tertiary/aromatic N) is 7. The summed E-state index contributed by atoms with van der Waals surface area (Å²) >= 11 is 0. The van der Waals surface area contributed by atoms with Gasteiger partial charge in [-0.2, -0.15) is 5.26 Å². The van der Waals surface area contributed by atoms with E-state index in [0.717, 1.165) is 0 Å². The lowest BCUT2D eigenvalue weighted by Crippen LogP contribution is -2.40. The summed E-state index contributed by atoms with van der Waals surface area (Å²) in [7, 11) is 1.51. The molecule has 0 fully saturated rings. The SMILES string of the molecule is CCC1=NC(COCCN=[N+]=[N-])=C(N(C)C=O)C(c2ccc([N+](=O)[O-])cc2)C1C(=O)OCCC#N. The van der Waals surface area contributed by atoms with E-state index in [1.165, 1.54) is 36.2 Å². The number of nitro benzene ring substituents is 1. The van der Waals surface area contributed by atoms with Crippen LogP contribution >= 0.6 is 0 Å². The molecule has 0 spiro atoms. The molecule has 0 saturated carbocycles. The number of hydrogen-bond donors (Lipinski definition) is 0. The molecule has 1 aliphatic heterocycles. The molecule has 1 aromatic carbocycles. The number of azide groups is 1. The van der Waals surface area contributed by atoms with E-state index in [4.69, 9.17) is 20.3 Å². The second-order valence-corrected chi connectivity index (χ2v) is 7.39. The number of aliphatic imine (C=N–C) groups is 1. The predicted molar refractivity (Wildman–Crippen MR) is 124 cm³/mol. The molecule has 184 valence electrons. The van der Waals surface area contributed by atoms with Crippen molar-refractivity contribution in [1.29, 1.82) is 5.26 Å². The van der Waals surface area contributed by atoms with Crippen LogP contribution in [0.15, 0.2) is 45.8 Å². The lowest BCUT2D eigenvalue weighted by atomic mass is 9.77. The number of benzene rings is 1. The normalized spacial score (nSPS) is 17.0. The van der Waals surface area contributed by atoms with E-state index in [2.05, 4.69) is 15.0 Å². The Balaban J connectivity index is 2.61. The van der Waals surface area contributed by atoms with Crippen LogP contribution in [0.5, 0.6) is 0 Å². The van der Waals surface area contributed by atoms with Crippen molar-refractivity contribution >= 4 is 23.8 Å². The Kier molecular flexibility index (Phi) is 10.4. The van der Waals surface area contributed by atoms with Gasteiger partial charge >= 0.3 is 5.97 Å². The van der Waals surface area contributed by atoms with Gasteiger partial charge in [-0.25, -0.2) is 0 Å². The lowest BCUT2D eigenvalue weighted by molar-refractivity contribution is -0.384. The summed E-state index contributed by atoms with van der Waals surface area (Å²) in [6.07, 6.45) is 0.959. The standard InChI is InChI=1S/C22H25N7O6/c1-3-17-20(22(31)35-11-4-9-23)19(15-5-7-16(8-6-15)29(32)33)21(28(2)14-30)18(26-17)13-34-12-10-25-27-24/h5-8,14,19-20H,3-4,10-13H2,1-2H3. The zero-order valence-corrected chi connectivity index (χ0v) is 19.4. The van der Waals surface area contributed by atoms with E-state index in [-0.39, 0.29) is 38.5 Å². The van der Waals surface area contributed by atoms with E-state index in [0.29, 0.717) is 35.5 Å². The molecule has 0 N–H and O–H groups in total. The van der Waals surface area contributed by atoms with Crippen LogP contribution in [0.3, 0.4) is 0 Å². The average molecular weight is 483 g/mol. The van der Waals surface area contributed by atoms with Gasteiger partial charge in [-0.1, -0.05) is 24.2 Å². The van der Waals surface area contributed by atoms with Crippen LogP contribution in [0.25, 0.3) is 10.4 Å². The first kappa shape index (κ1) is 27.0. The quantitative estimate of drug-likeness (QED) is 0.0602. The number of carbonyl (C=O) groups is 2. The third-order valence-electron chi connectivity index (χ3n) is 5.27. The van der Waals surface area contributed by atoms with Crippen LogP contribution in [0.1, 0.15) is 31.2 Å². The number of carbonyl (C=O) groups excluding carboxylic acids is 2. The molecule has 1 heterocycles. The fourth-order valence-corrected chi connectivity index (χ4v) is 3.75. The highest BCUT2D eigenvalue weighted by atomic mass is 16.6. The van der Waals surface area contributed by atoms with E-state index in [1.54, 1.807) is 0 Å². The van der Waals surface area contributed by atoms with Crippen molar-refractivity contribution in [3.8, 4) is 6.07 Å². The van der Waals surface area contributed by atoms with Crippen molar-refractivity contribution < 1.29 is 24.0 Å². The van der Waals surface area contributed by atoms with Gasteiger partial charge in [-0.3, -0.25) is 24.7 Å². The zero-order valence-electron chi connectivity index (χ0n) is 19.4. The molecule has 2 unspecified atom stereocenters. The number of nitriles is 1. The molecule has 1 amide bonds. The molecule has 1 aliphatic rings. The molecule has 0 saturated heterocycles. The van der Waals surface area contributed by atoms with Crippen molar-refractivity contribution in [3.05, 3.63) is 61.8 Å². The first-order chi connectivity index (χ1) is 16.9. The second-order valence-electron chi connectivity index (χ2n) is 7.39. The van der Waals surface area contributed by atoms with Gasteiger partial charge < -0.3 is 14.4 Å². The second kappa shape index (κ2) is 13.4. The molecule has 0 aromatic heterocycles. The molecule has 2 rings (SSSR count). The minimum atomic E-state index is -0.926. The topological polar surface area (TPSA) is 184 Å². The summed E-state index contributed by atoms with van der Waals surface area (Å²) in [5.74, 6) is -2.31. The number of amides is 1. The largest absolute Gasteiger partial charge is 0.464 e. The van der Waals surface area contributed by atoms with Crippen molar-refractivity contribution in [2.24, 2.45) is 16.0 Å². The molecule has 0 aliphatic carbocycles. The fraction of sp³-hybridized carbons (Fsp3) is 0.455. The predicted octanol–water partition coefficient (Wildman–Crippen LogP) is 3.24. The van der Waals surface area contributed by atoms with Gasteiger partial charge in [0.15, 0.2) is 0 Å². The third kappa shape index (κ3) is 6.86. The van der Waals surface area contributed by atoms with Gasteiger partial charge in [0.2, 0.25) is 6.41 Å². The molecular formula is C22H25N7O6. The van der Waals surface area contributed by atoms with Gasteiger partial charge in [-0.05, 0) is 17.5 Å². The Morgan fingerprint density at radius 3 is 2.69 bits per heavy atom. The summed E-state index contributed by atoms with van der Waals surface area (Å²) in [6.45, 7) is 1.90. The van der Waals surface area contributed by atoms with Crippen LogP contribution in [0, 0.1) is 27.4 Å². The maximum absolute atomic E-state index is 13.2. The summed E-state index contributed by atoms with van der Waals surface area (Å²) in [5, 5.41) is 23.3. The van der Waals surface area contributed by atoms with Crippen molar-refractivity contribution in [2.45, 2.75) is 25.7 Å². The first-order valence-corrected chi connectivity index (χ1v) is 10.7. The molecular weight excluding hydrogens is 458 g/mol. The number of non-ortho nitro benzene ring substituents is 1. The number of rotatable bonds is 13. The number of allylic oxidation sites excluding steroid dienone is 1. The lowest BCUT2D eigenvalue weighted by Gasteiger charge is -2.36. The van der Waals surface area contributed by atoms with Crippen molar-refractivity contribution in [1.82, 2.24) is 4.90 Å². The van der Waals surface area contributed by atoms with Crippen LogP contribution in [0.2, 0.25) is 0 Å². The number of hydrogen-bond acceptors (Lipinski definition) is 9. The Morgan fingerprint density at radius 2 is 2.11 bits per heavy atom. The molecule has 35 heavy (non-hydrogen) atoms. The van der Waals surface area contributed by atoms with E-state index < -0.39 is 22.7 Å². The summed E-state index contributed by atoms with van der Waals surface area (Å²) < 4.78 is 10.9. The fourth-order valence-electron chi connectivity index (χ4n) is 3.75. The highest BCUT2D eigenvalue weighted by molar-refractivity contribution is 6.05. The third-order valence-corrected chi connectivity index (χ3v) is 5.27. The van der Waals surface area contributed by atoms with Crippen molar-refractivity contribution in [2.75, 3.05) is 33.4 Å². The van der Waals surface area contributed by atoms with Gasteiger partial charge in [0, 0.05) is 42.3 Å². The van der Waals surface area contributed by atoms with E-state index in [9.17, 15) is 19.7 Å².